The summed E-state index contributed by atoms with van der Waals surface area (Å²) in [5.41, 5.74) is -0.581. The van der Waals surface area contributed by atoms with Gasteiger partial charge in [0.05, 0.1) is 5.56 Å². The number of carbonyl (C=O) groups is 1. The summed E-state index contributed by atoms with van der Waals surface area (Å²) in [6.07, 6.45) is 1.41. The fourth-order valence-corrected chi connectivity index (χ4v) is 2.80. The number of rotatable bonds is 4. The van der Waals surface area contributed by atoms with Crippen molar-refractivity contribution in [3.63, 3.8) is 0 Å². The van der Waals surface area contributed by atoms with Crippen LogP contribution < -0.4 is 0 Å². The maximum Gasteiger partial charge on any atom is 0.332 e. The van der Waals surface area contributed by atoms with E-state index in [4.69, 9.17) is 11.6 Å². The Hall–Kier alpha value is -2.87. The topological polar surface area (TPSA) is 17.1 Å². The molecule has 9 heteroatoms. The molecule has 3 aromatic rings. The summed E-state index contributed by atoms with van der Waals surface area (Å²) in [7, 11) is 0. The van der Waals surface area contributed by atoms with Gasteiger partial charge in [-0.1, -0.05) is 37.1 Å². The molecule has 164 valence electrons. The summed E-state index contributed by atoms with van der Waals surface area (Å²) in [6.45, 7) is 1.93. The van der Waals surface area contributed by atoms with Crippen molar-refractivity contribution in [1.29, 1.82) is 0 Å². The van der Waals surface area contributed by atoms with Gasteiger partial charge >= 0.3 is 6.04 Å². The number of carbonyl (C=O) groups excluding carboxylic acids is 1. The van der Waals surface area contributed by atoms with Crippen molar-refractivity contribution in [3.05, 3.63) is 93.5 Å². The molecule has 0 atom stereocenters. The van der Waals surface area contributed by atoms with Gasteiger partial charge in [0, 0.05) is 5.56 Å². The minimum atomic E-state index is -1.83. The van der Waals surface area contributed by atoms with Crippen molar-refractivity contribution < 1.29 is 35.5 Å². The van der Waals surface area contributed by atoms with Crippen LogP contribution in [0, 0.1) is 34.9 Å². The molecule has 0 saturated heterocycles. The Bertz CT molecular complexity index is 1090. The fraction of sp³-hybridized carbons (Fsp3) is 0.136. The van der Waals surface area contributed by atoms with Crippen LogP contribution >= 0.6 is 11.6 Å². The summed E-state index contributed by atoms with van der Waals surface area (Å²) >= 11 is 5.37. The third-order valence-corrected chi connectivity index (χ3v) is 4.47. The smallest absolute Gasteiger partial charge is 0.255 e. The lowest BCUT2D eigenvalue weighted by molar-refractivity contribution is 0.0835. The molecule has 0 spiro atoms. The van der Waals surface area contributed by atoms with Crippen molar-refractivity contribution in [2.45, 2.75) is 19.8 Å². The first-order valence-corrected chi connectivity index (χ1v) is 9.21. The SMILES string of the molecule is CCCc1ccc(F)c(Cl)c1F.O=C(F)c1ccc(-c2cc(F)c(F)c(F)c2)c(F)c1. The number of hydrogen-bond acceptors (Lipinski definition) is 1. The monoisotopic (exact) mass is 462 g/mol. The molecular weight excluding hydrogens is 449 g/mol. The Morgan fingerprint density at radius 2 is 1.42 bits per heavy atom. The quantitative estimate of drug-likeness (QED) is 0.222. The maximum absolute atomic E-state index is 13.6. The van der Waals surface area contributed by atoms with Crippen LogP contribution in [0.2, 0.25) is 5.02 Å². The van der Waals surface area contributed by atoms with Crippen LogP contribution in [0.15, 0.2) is 42.5 Å². The lowest BCUT2D eigenvalue weighted by atomic mass is 10.0. The second-order valence-corrected chi connectivity index (χ2v) is 6.68. The van der Waals surface area contributed by atoms with E-state index < -0.39 is 51.5 Å². The summed E-state index contributed by atoms with van der Waals surface area (Å²) in [4.78, 5) is 10.4. The van der Waals surface area contributed by atoms with Gasteiger partial charge in [-0.3, -0.25) is 4.79 Å². The molecule has 0 aliphatic heterocycles. The van der Waals surface area contributed by atoms with E-state index >= 15 is 0 Å². The standard InChI is InChI=1S/C13H5F5O.C9H9ClF2/c14-9-3-6(13(18)19)1-2-8(9)7-4-10(15)12(17)11(16)5-7;1-2-3-6-4-5-7(11)8(10)9(6)12/h1-5H;4-5H,2-3H2,1H3. The molecule has 31 heavy (non-hydrogen) atoms. The van der Waals surface area contributed by atoms with Crippen LogP contribution in [-0.4, -0.2) is 6.04 Å². The van der Waals surface area contributed by atoms with E-state index in [0.29, 0.717) is 30.2 Å². The van der Waals surface area contributed by atoms with Crippen LogP contribution in [0.3, 0.4) is 0 Å². The highest BCUT2D eigenvalue weighted by molar-refractivity contribution is 6.30. The van der Waals surface area contributed by atoms with Gasteiger partial charge < -0.3 is 0 Å². The van der Waals surface area contributed by atoms with Gasteiger partial charge in [-0.05, 0) is 47.9 Å². The molecule has 3 aromatic carbocycles. The largest absolute Gasteiger partial charge is 0.332 e. The molecule has 0 N–H and O–H groups in total. The van der Waals surface area contributed by atoms with E-state index in [0.717, 1.165) is 18.6 Å². The highest BCUT2D eigenvalue weighted by Crippen LogP contribution is 2.27. The molecular formula is C22H14ClF7O. The van der Waals surface area contributed by atoms with Crippen LogP contribution in [0.1, 0.15) is 29.3 Å². The van der Waals surface area contributed by atoms with Crippen LogP contribution in [0.25, 0.3) is 11.1 Å². The normalized spacial score (nSPS) is 10.5. The van der Waals surface area contributed by atoms with Crippen molar-refractivity contribution in [2.75, 3.05) is 0 Å². The molecule has 0 aliphatic carbocycles. The molecule has 0 saturated carbocycles. The van der Waals surface area contributed by atoms with E-state index in [9.17, 15) is 35.5 Å². The molecule has 0 bridgehead atoms. The van der Waals surface area contributed by atoms with Crippen molar-refractivity contribution in [3.8, 4) is 11.1 Å². The zero-order chi connectivity index (χ0) is 23.3. The maximum atomic E-state index is 13.6. The average molecular weight is 463 g/mol. The van der Waals surface area contributed by atoms with E-state index in [1.165, 1.54) is 12.1 Å². The Morgan fingerprint density at radius 1 is 0.806 bits per heavy atom. The van der Waals surface area contributed by atoms with E-state index in [1.807, 2.05) is 6.92 Å². The summed E-state index contributed by atoms with van der Waals surface area (Å²) < 4.78 is 90.4. The van der Waals surface area contributed by atoms with Gasteiger partial charge in [0.1, 0.15) is 22.5 Å². The second-order valence-electron chi connectivity index (χ2n) is 6.31. The third-order valence-electron chi connectivity index (χ3n) is 4.13. The lowest BCUT2D eigenvalue weighted by Gasteiger charge is -2.06. The zero-order valence-electron chi connectivity index (χ0n) is 15.9. The van der Waals surface area contributed by atoms with Gasteiger partial charge in [0.15, 0.2) is 17.5 Å². The van der Waals surface area contributed by atoms with Crippen molar-refractivity contribution >= 4 is 17.6 Å². The summed E-state index contributed by atoms with van der Waals surface area (Å²) in [5.74, 6) is -6.98. The molecule has 1 nitrogen and oxygen atoms in total. The Labute approximate surface area is 178 Å². The molecule has 0 heterocycles. The Kier molecular flexibility index (Phi) is 8.21. The van der Waals surface area contributed by atoms with Gasteiger partial charge in [-0.15, -0.1) is 0 Å². The van der Waals surface area contributed by atoms with E-state index in [1.54, 1.807) is 0 Å². The van der Waals surface area contributed by atoms with Crippen LogP contribution in [0.5, 0.6) is 0 Å². The van der Waals surface area contributed by atoms with E-state index in [-0.39, 0.29) is 11.1 Å². The molecule has 3 rings (SSSR count). The third kappa shape index (κ3) is 5.85. The highest BCUT2D eigenvalue weighted by Gasteiger charge is 2.15. The first-order valence-electron chi connectivity index (χ1n) is 8.83. The van der Waals surface area contributed by atoms with Crippen LogP contribution in [0.4, 0.5) is 30.7 Å². The van der Waals surface area contributed by atoms with Gasteiger partial charge in [-0.25, -0.2) is 26.3 Å². The van der Waals surface area contributed by atoms with Crippen molar-refractivity contribution in [1.82, 2.24) is 0 Å². The van der Waals surface area contributed by atoms with Gasteiger partial charge in [-0.2, -0.15) is 4.39 Å². The predicted molar refractivity (Wildman–Crippen MR) is 103 cm³/mol. The fourth-order valence-electron chi connectivity index (χ4n) is 2.61. The second kappa shape index (κ2) is 10.4. The highest BCUT2D eigenvalue weighted by atomic mass is 35.5. The molecule has 0 amide bonds. The Morgan fingerprint density at radius 3 is 1.94 bits per heavy atom. The number of halogens is 8. The summed E-state index contributed by atoms with van der Waals surface area (Å²) in [6, 6.07) is 4.53. The number of benzene rings is 3. The number of hydrogen-bond donors (Lipinski definition) is 0. The minimum absolute atomic E-state index is 0.258. The first kappa shape index (κ1) is 24.4. The average Bonchev–Trinajstić information content (AvgIpc) is 2.72. The Balaban J connectivity index is 0.000000245. The molecule has 0 unspecified atom stereocenters. The van der Waals surface area contributed by atoms with Crippen LogP contribution in [-0.2, 0) is 6.42 Å². The molecule has 0 aliphatic rings. The van der Waals surface area contributed by atoms with Crippen molar-refractivity contribution in [2.24, 2.45) is 0 Å². The first-order chi connectivity index (χ1) is 14.6. The number of aryl methyl sites for hydroxylation is 1. The minimum Gasteiger partial charge on any atom is -0.255 e. The predicted octanol–water partition coefficient (Wildman–Crippen LogP) is 7.59. The molecule has 0 aromatic heterocycles. The van der Waals surface area contributed by atoms with Gasteiger partial charge in [0.25, 0.3) is 0 Å². The molecule has 0 radical (unpaired) electrons. The van der Waals surface area contributed by atoms with Gasteiger partial charge in [0.2, 0.25) is 0 Å². The molecule has 0 fully saturated rings. The summed E-state index contributed by atoms with van der Waals surface area (Å²) in [5, 5.41) is -0.402. The zero-order valence-corrected chi connectivity index (χ0v) is 16.6. The lowest BCUT2D eigenvalue weighted by Crippen LogP contribution is -1.96. The van der Waals surface area contributed by atoms with E-state index in [2.05, 4.69) is 0 Å².